The minimum absolute atomic E-state index is 0.665. The van der Waals surface area contributed by atoms with E-state index in [9.17, 15) is 9.90 Å². The molecule has 102 valence electrons. The number of benzene rings is 1. The Hall–Kier alpha value is -1.35. The lowest BCUT2D eigenvalue weighted by Gasteiger charge is -2.46. The number of hydrogen-bond acceptors (Lipinski definition) is 2. The third-order valence-corrected chi connectivity index (χ3v) is 4.70. The Morgan fingerprint density at radius 1 is 1.11 bits per heavy atom. The van der Waals surface area contributed by atoms with Crippen LogP contribution >= 0.6 is 0 Å². The highest BCUT2D eigenvalue weighted by Gasteiger charge is 2.48. The van der Waals surface area contributed by atoms with Crippen LogP contribution in [-0.2, 0) is 16.8 Å². The summed E-state index contributed by atoms with van der Waals surface area (Å²) in [5.74, 6) is -0.665. The van der Waals surface area contributed by atoms with Gasteiger partial charge in [0.1, 0.15) is 5.54 Å². The van der Waals surface area contributed by atoms with Gasteiger partial charge in [-0.25, -0.2) is 4.79 Å². The molecule has 3 heteroatoms. The molecule has 1 fully saturated rings. The monoisotopic (exact) mass is 259 g/mol. The van der Waals surface area contributed by atoms with Gasteiger partial charge in [0.05, 0.1) is 0 Å². The molecule has 1 heterocycles. The second-order valence-corrected chi connectivity index (χ2v) is 5.72. The molecule has 0 bridgehead atoms. The Labute approximate surface area is 114 Å². The average Bonchev–Trinajstić information content (AvgIpc) is 2.47. The van der Waals surface area contributed by atoms with Gasteiger partial charge in [-0.05, 0) is 56.3 Å². The number of fused-ring (bicyclic) bond motifs is 1. The van der Waals surface area contributed by atoms with Gasteiger partial charge < -0.3 is 5.11 Å². The number of aliphatic carboxylic acids is 1. The fourth-order valence-electron chi connectivity index (χ4n) is 3.77. The molecule has 19 heavy (non-hydrogen) atoms. The lowest BCUT2D eigenvalue weighted by molar-refractivity contribution is -0.155. The minimum atomic E-state index is -0.769. The van der Waals surface area contributed by atoms with E-state index in [-0.39, 0.29) is 0 Å². The molecule has 1 aromatic rings. The molecule has 1 atom stereocenters. The normalized spacial score (nSPS) is 27.8. The van der Waals surface area contributed by atoms with Crippen LogP contribution in [0.1, 0.15) is 43.2 Å². The predicted molar refractivity (Wildman–Crippen MR) is 74.1 cm³/mol. The summed E-state index contributed by atoms with van der Waals surface area (Å²) in [6.45, 7) is 1.83. The van der Waals surface area contributed by atoms with Crippen molar-refractivity contribution in [1.29, 1.82) is 0 Å². The summed E-state index contributed by atoms with van der Waals surface area (Å²) in [7, 11) is 0. The molecule has 1 saturated heterocycles. The summed E-state index contributed by atoms with van der Waals surface area (Å²) in [4.78, 5) is 14.3. The van der Waals surface area contributed by atoms with E-state index >= 15 is 0 Å². The molecule has 3 rings (SSSR count). The molecule has 1 aliphatic carbocycles. The largest absolute Gasteiger partial charge is 0.480 e. The topological polar surface area (TPSA) is 40.5 Å². The highest BCUT2D eigenvalue weighted by Crippen LogP contribution is 2.41. The van der Waals surface area contributed by atoms with Gasteiger partial charge in [-0.15, -0.1) is 0 Å². The summed E-state index contributed by atoms with van der Waals surface area (Å²) in [5.41, 5.74) is 1.49. The molecule has 3 nitrogen and oxygen atoms in total. The molecule has 0 spiro atoms. The molecule has 0 aromatic heterocycles. The van der Waals surface area contributed by atoms with Crippen LogP contribution in [0.15, 0.2) is 24.3 Å². The van der Waals surface area contributed by atoms with Gasteiger partial charge >= 0.3 is 5.97 Å². The number of carbonyl (C=O) groups is 1. The number of piperidine rings is 1. The van der Waals surface area contributed by atoms with E-state index in [2.05, 4.69) is 11.0 Å². The van der Waals surface area contributed by atoms with Gasteiger partial charge in [0.15, 0.2) is 0 Å². The van der Waals surface area contributed by atoms with Crippen molar-refractivity contribution in [3.63, 3.8) is 0 Å². The second-order valence-electron chi connectivity index (χ2n) is 5.72. The first kappa shape index (κ1) is 12.7. The number of aryl methyl sites for hydroxylation is 1. The van der Waals surface area contributed by atoms with Crippen molar-refractivity contribution in [2.75, 3.05) is 13.1 Å². The van der Waals surface area contributed by atoms with E-state index in [0.29, 0.717) is 0 Å². The minimum Gasteiger partial charge on any atom is -0.480 e. The molecule has 1 aromatic carbocycles. The first-order valence-electron chi connectivity index (χ1n) is 7.32. The average molecular weight is 259 g/mol. The summed E-state index contributed by atoms with van der Waals surface area (Å²) < 4.78 is 0. The van der Waals surface area contributed by atoms with Crippen LogP contribution < -0.4 is 0 Å². The second kappa shape index (κ2) is 4.97. The number of carboxylic acid groups (broad SMARTS) is 1. The number of nitrogens with zero attached hydrogens (tertiary/aromatic N) is 1. The molecule has 1 aliphatic heterocycles. The van der Waals surface area contributed by atoms with Crippen LogP contribution in [0.2, 0.25) is 0 Å². The molecular weight excluding hydrogens is 238 g/mol. The van der Waals surface area contributed by atoms with E-state index in [4.69, 9.17) is 0 Å². The number of likely N-dealkylation sites (tertiary alicyclic amines) is 1. The summed E-state index contributed by atoms with van der Waals surface area (Å²) in [6.07, 6.45) is 6.21. The highest BCUT2D eigenvalue weighted by molar-refractivity contribution is 5.82. The number of rotatable bonds is 2. The van der Waals surface area contributed by atoms with E-state index < -0.39 is 11.5 Å². The molecule has 0 saturated carbocycles. The zero-order chi connectivity index (χ0) is 13.3. The lowest BCUT2D eigenvalue weighted by Crippen LogP contribution is -2.55. The standard InChI is InChI=1S/C16H21NO2/c18-15(19)16(17-11-4-1-5-12-17)10-6-8-13-7-2-3-9-14(13)16/h2-3,7,9H,1,4-6,8,10-12H2,(H,18,19). The van der Waals surface area contributed by atoms with Gasteiger partial charge in [-0.3, -0.25) is 4.90 Å². The van der Waals surface area contributed by atoms with Crippen LogP contribution in [0.3, 0.4) is 0 Å². The van der Waals surface area contributed by atoms with Crippen molar-refractivity contribution >= 4 is 5.97 Å². The molecule has 0 amide bonds. The maximum atomic E-state index is 12.1. The Morgan fingerprint density at radius 3 is 2.58 bits per heavy atom. The predicted octanol–water partition coefficient (Wildman–Crippen LogP) is 2.79. The Balaban J connectivity index is 2.08. The Bertz CT molecular complexity index is 479. The van der Waals surface area contributed by atoms with Crippen LogP contribution in [0.5, 0.6) is 0 Å². The Morgan fingerprint density at radius 2 is 1.84 bits per heavy atom. The fourth-order valence-corrected chi connectivity index (χ4v) is 3.77. The summed E-state index contributed by atoms with van der Waals surface area (Å²) in [6, 6.07) is 8.12. The Kier molecular flexibility index (Phi) is 3.31. The quantitative estimate of drug-likeness (QED) is 0.888. The van der Waals surface area contributed by atoms with Crippen molar-refractivity contribution in [2.45, 2.75) is 44.1 Å². The van der Waals surface area contributed by atoms with Crippen LogP contribution in [-0.4, -0.2) is 29.1 Å². The zero-order valence-corrected chi connectivity index (χ0v) is 11.3. The van der Waals surface area contributed by atoms with Gasteiger partial charge in [0.2, 0.25) is 0 Å². The summed E-state index contributed by atoms with van der Waals surface area (Å²) >= 11 is 0. The molecule has 1 unspecified atom stereocenters. The molecule has 0 radical (unpaired) electrons. The van der Waals surface area contributed by atoms with E-state index in [1.807, 2.05) is 18.2 Å². The number of carboxylic acids is 1. The van der Waals surface area contributed by atoms with Crippen molar-refractivity contribution in [2.24, 2.45) is 0 Å². The van der Waals surface area contributed by atoms with Crippen LogP contribution in [0.4, 0.5) is 0 Å². The first-order valence-corrected chi connectivity index (χ1v) is 7.32. The SMILES string of the molecule is O=C(O)C1(N2CCCCC2)CCCc2ccccc21. The van der Waals surface area contributed by atoms with Gasteiger partial charge in [-0.1, -0.05) is 30.7 Å². The third kappa shape index (κ3) is 1.96. The van der Waals surface area contributed by atoms with Crippen molar-refractivity contribution in [1.82, 2.24) is 4.90 Å². The zero-order valence-electron chi connectivity index (χ0n) is 11.3. The van der Waals surface area contributed by atoms with Crippen molar-refractivity contribution in [3.05, 3.63) is 35.4 Å². The number of hydrogen-bond donors (Lipinski definition) is 1. The van der Waals surface area contributed by atoms with Gasteiger partial charge in [0.25, 0.3) is 0 Å². The van der Waals surface area contributed by atoms with Gasteiger partial charge in [0, 0.05) is 0 Å². The fraction of sp³-hybridized carbons (Fsp3) is 0.562. The van der Waals surface area contributed by atoms with Crippen molar-refractivity contribution < 1.29 is 9.90 Å². The van der Waals surface area contributed by atoms with E-state index in [0.717, 1.165) is 50.8 Å². The van der Waals surface area contributed by atoms with E-state index in [1.54, 1.807) is 0 Å². The first-order chi connectivity index (χ1) is 9.25. The van der Waals surface area contributed by atoms with Crippen LogP contribution in [0.25, 0.3) is 0 Å². The summed E-state index contributed by atoms with van der Waals surface area (Å²) in [5, 5.41) is 9.95. The molecule has 2 aliphatic rings. The maximum absolute atomic E-state index is 12.1. The third-order valence-electron chi connectivity index (χ3n) is 4.70. The molecule has 1 N–H and O–H groups in total. The lowest BCUT2D eigenvalue weighted by atomic mass is 9.74. The highest BCUT2D eigenvalue weighted by atomic mass is 16.4. The maximum Gasteiger partial charge on any atom is 0.328 e. The van der Waals surface area contributed by atoms with E-state index in [1.165, 1.54) is 12.0 Å². The van der Waals surface area contributed by atoms with Crippen molar-refractivity contribution in [3.8, 4) is 0 Å². The van der Waals surface area contributed by atoms with Gasteiger partial charge in [-0.2, -0.15) is 0 Å². The molecular formula is C16H21NO2. The smallest absolute Gasteiger partial charge is 0.328 e. The van der Waals surface area contributed by atoms with Crippen LogP contribution in [0, 0.1) is 0 Å².